The quantitative estimate of drug-likeness (QED) is 0.677. The van der Waals surface area contributed by atoms with Crippen LogP contribution in [0.4, 0.5) is 0 Å². The molecule has 0 aromatic heterocycles. The third kappa shape index (κ3) is 2.23. The van der Waals surface area contributed by atoms with E-state index in [1.54, 1.807) is 0 Å². The van der Waals surface area contributed by atoms with Gasteiger partial charge in [-0.3, -0.25) is 0 Å². The lowest BCUT2D eigenvalue weighted by molar-refractivity contribution is 0.141. The first-order chi connectivity index (χ1) is 6.12. The van der Waals surface area contributed by atoms with Crippen molar-refractivity contribution in [3.8, 4) is 0 Å². The van der Waals surface area contributed by atoms with Gasteiger partial charge in [-0.15, -0.1) is 0 Å². The first-order valence-corrected chi connectivity index (χ1v) is 5.53. The highest BCUT2D eigenvalue weighted by molar-refractivity contribution is 4.97. The van der Waals surface area contributed by atoms with Gasteiger partial charge in [0, 0.05) is 12.6 Å². The molecule has 0 aromatic rings. The van der Waals surface area contributed by atoms with E-state index in [1.807, 2.05) is 0 Å². The van der Waals surface area contributed by atoms with Crippen molar-refractivity contribution in [1.29, 1.82) is 0 Å². The van der Waals surface area contributed by atoms with Crippen LogP contribution in [0.3, 0.4) is 0 Å². The van der Waals surface area contributed by atoms with Crippen molar-refractivity contribution < 1.29 is 5.11 Å². The number of hydrogen-bond acceptors (Lipinski definition) is 2. The summed E-state index contributed by atoms with van der Waals surface area (Å²) in [5.74, 6) is 0.603. The second-order valence-electron chi connectivity index (χ2n) is 5.19. The molecule has 2 atom stereocenters. The number of aliphatic hydroxyl groups excluding tert-OH is 1. The fourth-order valence-electron chi connectivity index (χ4n) is 1.82. The molecule has 0 saturated heterocycles. The van der Waals surface area contributed by atoms with Crippen molar-refractivity contribution >= 4 is 0 Å². The Bertz CT molecular complexity index is 185. The van der Waals surface area contributed by atoms with E-state index in [-0.39, 0.29) is 6.10 Å². The zero-order valence-corrected chi connectivity index (χ0v) is 8.71. The Hall–Kier alpha value is -0.0800. The van der Waals surface area contributed by atoms with Gasteiger partial charge in [0.15, 0.2) is 0 Å². The molecule has 2 fully saturated rings. The Morgan fingerprint density at radius 1 is 1.46 bits per heavy atom. The van der Waals surface area contributed by atoms with E-state index in [2.05, 4.69) is 19.2 Å². The van der Waals surface area contributed by atoms with Gasteiger partial charge >= 0.3 is 0 Å². The normalized spacial score (nSPS) is 29.8. The van der Waals surface area contributed by atoms with Crippen LogP contribution in [0, 0.1) is 11.3 Å². The minimum absolute atomic E-state index is 0.0928. The Labute approximate surface area is 80.7 Å². The van der Waals surface area contributed by atoms with E-state index >= 15 is 0 Å². The monoisotopic (exact) mass is 183 g/mol. The van der Waals surface area contributed by atoms with Crippen molar-refractivity contribution in [2.45, 2.75) is 51.7 Å². The van der Waals surface area contributed by atoms with E-state index in [1.165, 1.54) is 25.7 Å². The number of rotatable bonds is 5. The molecule has 2 aliphatic rings. The van der Waals surface area contributed by atoms with E-state index in [0.29, 0.717) is 17.4 Å². The molecule has 2 unspecified atom stereocenters. The average molecular weight is 183 g/mol. The van der Waals surface area contributed by atoms with Crippen LogP contribution in [0.1, 0.15) is 39.5 Å². The first-order valence-electron chi connectivity index (χ1n) is 5.53. The van der Waals surface area contributed by atoms with E-state index < -0.39 is 0 Å². The van der Waals surface area contributed by atoms with Gasteiger partial charge in [0.25, 0.3) is 0 Å². The largest absolute Gasteiger partial charge is 0.392 e. The van der Waals surface area contributed by atoms with Gasteiger partial charge in [0.1, 0.15) is 0 Å². The van der Waals surface area contributed by atoms with Crippen molar-refractivity contribution in [1.82, 2.24) is 5.32 Å². The van der Waals surface area contributed by atoms with Crippen LogP contribution in [0.15, 0.2) is 0 Å². The van der Waals surface area contributed by atoms with Crippen LogP contribution in [0.2, 0.25) is 0 Å². The lowest BCUT2D eigenvalue weighted by Crippen LogP contribution is -2.39. The minimum atomic E-state index is -0.0928. The highest BCUT2D eigenvalue weighted by atomic mass is 16.3. The highest BCUT2D eigenvalue weighted by Crippen LogP contribution is 2.48. The molecule has 2 nitrogen and oxygen atoms in total. The SMILES string of the molecule is CC(NCC(O)C1CC1)C1(C)CC1. The summed E-state index contributed by atoms with van der Waals surface area (Å²) in [5, 5.41) is 13.1. The van der Waals surface area contributed by atoms with Crippen molar-refractivity contribution in [2.75, 3.05) is 6.54 Å². The van der Waals surface area contributed by atoms with Gasteiger partial charge in [-0.25, -0.2) is 0 Å². The molecular formula is C11H21NO. The molecule has 13 heavy (non-hydrogen) atoms. The molecule has 0 amide bonds. The van der Waals surface area contributed by atoms with Gasteiger partial charge < -0.3 is 10.4 Å². The fourth-order valence-corrected chi connectivity index (χ4v) is 1.82. The second-order valence-corrected chi connectivity index (χ2v) is 5.19. The third-order valence-electron chi connectivity index (χ3n) is 3.88. The van der Waals surface area contributed by atoms with Crippen molar-refractivity contribution in [3.63, 3.8) is 0 Å². The van der Waals surface area contributed by atoms with Gasteiger partial charge in [-0.1, -0.05) is 6.92 Å². The van der Waals surface area contributed by atoms with Gasteiger partial charge in [0.2, 0.25) is 0 Å². The zero-order chi connectivity index (χ0) is 9.47. The number of hydrogen-bond donors (Lipinski definition) is 2. The molecule has 0 radical (unpaired) electrons. The number of nitrogens with one attached hydrogen (secondary N) is 1. The summed E-state index contributed by atoms with van der Waals surface area (Å²) in [7, 11) is 0. The minimum Gasteiger partial charge on any atom is -0.392 e. The summed E-state index contributed by atoms with van der Waals surface area (Å²) in [4.78, 5) is 0. The predicted octanol–water partition coefficient (Wildman–Crippen LogP) is 1.54. The molecule has 0 heterocycles. The Morgan fingerprint density at radius 2 is 2.08 bits per heavy atom. The van der Waals surface area contributed by atoms with Crippen LogP contribution in [-0.2, 0) is 0 Å². The van der Waals surface area contributed by atoms with Crippen LogP contribution in [-0.4, -0.2) is 23.8 Å². The molecule has 0 aromatic carbocycles. The maximum Gasteiger partial charge on any atom is 0.0692 e. The molecule has 2 aliphatic carbocycles. The average Bonchev–Trinajstić information content (AvgIpc) is 2.91. The fraction of sp³-hybridized carbons (Fsp3) is 1.00. The van der Waals surface area contributed by atoms with Crippen molar-refractivity contribution in [3.05, 3.63) is 0 Å². The van der Waals surface area contributed by atoms with Gasteiger partial charge in [-0.2, -0.15) is 0 Å². The second kappa shape index (κ2) is 3.25. The zero-order valence-electron chi connectivity index (χ0n) is 8.71. The molecular weight excluding hydrogens is 162 g/mol. The Balaban J connectivity index is 1.66. The summed E-state index contributed by atoms with van der Waals surface area (Å²) >= 11 is 0. The standard InChI is InChI=1S/C11H21NO/c1-8(11(2)5-6-11)12-7-10(13)9-3-4-9/h8-10,12-13H,3-7H2,1-2H3. The highest BCUT2D eigenvalue weighted by Gasteiger charge is 2.42. The topological polar surface area (TPSA) is 32.3 Å². The summed E-state index contributed by atoms with van der Waals surface area (Å²) < 4.78 is 0. The van der Waals surface area contributed by atoms with E-state index in [0.717, 1.165) is 6.54 Å². The van der Waals surface area contributed by atoms with Crippen LogP contribution in [0.25, 0.3) is 0 Å². The summed E-state index contributed by atoms with van der Waals surface area (Å²) in [5.41, 5.74) is 0.531. The molecule has 2 heteroatoms. The lowest BCUT2D eigenvalue weighted by Gasteiger charge is -2.22. The molecule has 0 aliphatic heterocycles. The molecule has 0 spiro atoms. The van der Waals surface area contributed by atoms with Crippen LogP contribution in [0.5, 0.6) is 0 Å². The first kappa shape index (κ1) is 9.47. The number of aliphatic hydroxyl groups is 1. The van der Waals surface area contributed by atoms with Gasteiger partial charge in [-0.05, 0) is 43.9 Å². The molecule has 2 N–H and O–H groups in total. The summed E-state index contributed by atoms with van der Waals surface area (Å²) in [6, 6.07) is 0.570. The van der Waals surface area contributed by atoms with Gasteiger partial charge in [0.05, 0.1) is 6.10 Å². The Morgan fingerprint density at radius 3 is 2.54 bits per heavy atom. The molecule has 76 valence electrons. The smallest absolute Gasteiger partial charge is 0.0692 e. The molecule has 2 rings (SSSR count). The maximum atomic E-state index is 9.66. The van der Waals surface area contributed by atoms with E-state index in [4.69, 9.17) is 0 Å². The molecule has 0 bridgehead atoms. The van der Waals surface area contributed by atoms with Crippen LogP contribution < -0.4 is 5.32 Å². The predicted molar refractivity (Wildman–Crippen MR) is 53.5 cm³/mol. The summed E-state index contributed by atoms with van der Waals surface area (Å²) in [6.45, 7) is 5.36. The molecule has 2 saturated carbocycles. The third-order valence-corrected chi connectivity index (χ3v) is 3.88. The van der Waals surface area contributed by atoms with Crippen molar-refractivity contribution in [2.24, 2.45) is 11.3 Å². The lowest BCUT2D eigenvalue weighted by atomic mass is 10.0. The summed E-state index contributed by atoms with van der Waals surface area (Å²) in [6.07, 6.45) is 5.06. The Kier molecular flexibility index (Phi) is 2.37. The maximum absolute atomic E-state index is 9.66. The van der Waals surface area contributed by atoms with E-state index in [9.17, 15) is 5.11 Å². The van der Waals surface area contributed by atoms with Crippen LogP contribution >= 0.6 is 0 Å².